The van der Waals surface area contributed by atoms with Crippen LogP contribution in [0.1, 0.15) is 37.2 Å². The third-order valence-corrected chi connectivity index (χ3v) is 6.51. The third kappa shape index (κ3) is 4.07. The smallest absolute Gasteiger partial charge is 0.373 e. The summed E-state index contributed by atoms with van der Waals surface area (Å²) in [6.07, 6.45) is 5.96. The molecule has 0 spiro atoms. The molecule has 1 aliphatic heterocycles. The van der Waals surface area contributed by atoms with E-state index in [2.05, 4.69) is 47.7 Å². The van der Waals surface area contributed by atoms with Crippen molar-refractivity contribution in [2.24, 2.45) is 5.92 Å². The monoisotopic (exact) mass is 438 g/mol. The van der Waals surface area contributed by atoms with Crippen molar-refractivity contribution in [3.63, 3.8) is 0 Å². The molecule has 0 radical (unpaired) electrons. The van der Waals surface area contributed by atoms with Crippen molar-refractivity contribution < 1.29 is 18.7 Å². The summed E-state index contributed by atoms with van der Waals surface area (Å²) in [6.45, 7) is 6.50. The molecule has 0 bridgehead atoms. The fraction of sp³-hybridized carbons (Fsp3) is 0.550. The summed E-state index contributed by atoms with van der Waals surface area (Å²) >= 11 is 3.50. The highest BCUT2D eigenvalue weighted by atomic mass is 79.9. The molecule has 0 saturated heterocycles. The van der Waals surface area contributed by atoms with E-state index in [-0.39, 0.29) is 17.6 Å². The van der Waals surface area contributed by atoms with E-state index in [1.807, 2.05) is 18.2 Å². The maximum Gasteiger partial charge on any atom is 0.373 e. The quantitative estimate of drug-likeness (QED) is 0.468. The van der Waals surface area contributed by atoms with E-state index in [1.165, 1.54) is 12.7 Å². The van der Waals surface area contributed by atoms with Gasteiger partial charge in [0.2, 0.25) is 11.5 Å². The first-order valence-corrected chi connectivity index (χ1v) is 13.4. The van der Waals surface area contributed by atoms with Crippen LogP contribution in [0, 0.1) is 5.92 Å². The number of methoxy groups -OCH3 is 1. The summed E-state index contributed by atoms with van der Waals surface area (Å²) in [5.74, 6) is -0.634. The van der Waals surface area contributed by atoms with Gasteiger partial charge in [-0.3, -0.25) is 0 Å². The van der Waals surface area contributed by atoms with Gasteiger partial charge in [-0.25, -0.2) is 4.79 Å². The molecular formula is C20H27BrO4Si. The topological polar surface area (TPSA) is 44.8 Å². The maximum atomic E-state index is 12.3. The van der Waals surface area contributed by atoms with Gasteiger partial charge in [0.15, 0.2) is 8.32 Å². The average molecular weight is 439 g/mol. The van der Waals surface area contributed by atoms with Gasteiger partial charge in [-0.05, 0) is 56.3 Å². The molecule has 3 atom stereocenters. The van der Waals surface area contributed by atoms with Gasteiger partial charge in [0.05, 0.1) is 7.11 Å². The lowest BCUT2D eigenvalue weighted by Crippen LogP contribution is -2.55. The third-order valence-electron chi connectivity index (χ3n) is 5.02. The van der Waals surface area contributed by atoms with Crippen LogP contribution in [0.25, 0.3) is 0 Å². The molecule has 1 saturated carbocycles. The first kappa shape index (κ1) is 19.6. The number of esters is 1. The van der Waals surface area contributed by atoms with Gasteiger partial charge in [-0.2, -0.15) is 0 Å². The number of allylic oxidation sites excluding steroid dienone is 1. The van der Waals surface area contributed by atoms with Crippen molar-refractivity contribution in [3.05, 3.63) is 46.1 Å². The highest BCUT2D eigenvalue weighted by molar-refractivity contribution is 9.10. The Morgan fingerprint density at radius 1 is 1.23 bits per heavy atom. The van der Waals surface area contributed by atoms with Crippen molar-refractivity contribution in [1.29, 1.82) is 0 Å². The maximum absolute atomic E-state index is 12.3. The highest BCUT2D eigenvalue weighted by Gasteiger charge is 2.53. The van der Waals surface area contributed by atoms with E-state index < -0.39 is 20.1 Å². The first-order chi connectivity index (χ1) is 12.2. The van der Waals surface area contributed by atoms with Crippen LogP contribution in [0.2, 0.25) is 19.6 Å². The van der Waals surface area contributed by atoms with Gasteiger partial charge in [0.1, 0.15) is 0 Å². The van der Waals surface area contributed by atoms with Gasteiger partial charge in [0, 0.05) is 22.7 Å². The predicted molar refractivity (Wildman–Crippen MR) is 107 cm³/mol. The number of benzene rings is 1. The van der Waals surface area contributed by atoms with Crippen LogP contribution in [0.4, 0.5) is 0 Å². The molecule has 4 nitrogen and oxygen atoms in total. The number of carbonyl (C=O) groups excluding carboxylic acids is 1. The SMILES string of the molecule is COC(=O)C1=C[C@@H](c2ccc(Br)cc2)[C@H]2CCCC[C@@]2(O[Si](C)(C)C)O1. The number of ether oxygens (including phenoxy) is 2. The Balaban J connectivity index is 2.08. The van der Waals surface area contributed by atoms with Crippen molar-refractivity contribution in [2.45, 2.75) is 57.0 Å². The largest absolute Gasteiger partial charge is 0.463 e. The first-order valence-electron chi connectivity index (χ1n) is 9.19. The molecule has 142 valence electrons. The van der Waals surface area contributed by atoms with Crippen LogP contribution in [-0.4, -0.2) is 27.2 Å². The fourth-order valence-electron chi connectivity index (χ4n) is 4.11. The Hall–Kier alpha value is -1.11. The van der Waals surface area contributed by atoms with Crippen LogP contribution in [0.3, 0.4) is 0 Å². The molecule has 6 heteroatoms. The lowest BCUT2D eigenvalue weighted by atomic mass is 9.71. The summed E-state index contributed by atoms with van der Waals surface area (Å²) in [5, 5.41) is 0. The summed E-state index contributed by atoms with van der Waals surface area (Å²) in [4.78, 5) is 12.3. The molecule has 1 heterocycles. The zero-order chi connectivity index (χ0) is 18.9. The highest BCUT2D eigenvalue weighted by Crippen LogP contribution is 2.51. The van der Waals surface area contributed by atoms with E-state index in [0.717, 1.165) is 30.2 Å². The van der Waals surface area contributed by atoms with Crippen molar-refractivity contribution in [3.8, 4) is 0 Å². The van der Waals surface area contributed by atoms with Gasteiger partial charge >= 0.3 is 5.97 Å². The number of rotatable bonds is 4. The molecule has 0 aromatic heterocycles. The number of hydrogen-bond acceptors (Lipinski definition) is 4. The van der Waals surface area contributed by atoms with E-state index in [4.69, 9.17) is 13.9 Å². The minimum Gasteiger partial charge on any atom is -0.463 e. The number of hydrogen-bond donors (Lipinski definition) is 0. The molecule has 2 aliphatic rings. The minimum atomic E-state index is -1.89. The number of halogens is 1. The Morgan fingerprint density at radius 2 is 1.92 bits per heavy atom. The van der Waals surface area contributed by atoms with Crippen LogP contribution in [0.15, 0.2) is 40.6 Å². The second-order valence-electron chi connectivity index (χ2n) is 8.08. The summed E-state index contributed by atoms with van der Waals surface area (Å²) in [7, 11) is -0.499. The molecule has 26 heavy (non-hydrogen) atoms. The van der Waals surface area contributed by atoms with Gasteiger partial charge in [-0.15, -0.1) is 0 Å². The van der Waals surface area contributed by atoms with Crippen LogP contribution in [0.5, 0.6) is 0 Å². The van der Waals surface area contributed by atoms with E-state index >= 15 is 0 Å². The van der Waals surface area contributed by atoms with Gasteiger partial charge in [-0.1, -0.05) is 34.5 Å². The van der Waals surface area contributed by atoms with Gasteiger partial charge < -0.3 is 13.9 Å². The zero-order valence-corrected chi connectivity index (χ0v) is 18.5. The average Bonchev–Trinajstić information content (AvgIpc) is 2.59. The Labute approximate surface area is 165 Å². The van der Waals surface area contributed by atoms with Crippen LogP contribution < -0.4 is 0 Å². The lowest BCUT2D eigenvalue weighted by Gasteiger charge is -2.51. The van der Waals surface area contributed by atoms with E-state index in [0.29, 0.717) is 0 Å². The Bertz CT molecular complexity index is 695. The standard InChI is InChI=1S/C20H27BrO4Si/c1-23-19(22)18-13-16(14-8-10-15(21)11-9-14)17-7-5-6-12-20(17,24-18)25-26(2,3)4/h8-11,13,16-17H,5-7,12H2,1-4H3/t16-,17+,20-/m0/s1. The van der Waals surface area contributed by atoms with Crippen molar-refractivity contribution in [2.75, 3.05) is 7.11 Å². The molecule has 3 rings (SSSR count). The Kier molecular flexibility index (Phi) is 5.65. The van der Waals surface area contributed by atoms with Gasteiger partial charge in [0.25, 0.3) is 0 Å². The number of fused-ring (bicyclic) bond motifs is 1. The van der Waals surface area contributed by atoms with Crippen LogP contribution >= 0.6 is 15.9 Å². The van der Waals surface area contributed by atoms with Crippen molar-refractivity contribution in [1.82, 2.24) is 0 Å². The molecule has 1 aromatic carbocycles. The van der Waals surface area contributed by atoms with Crippen molar-refractivity contribution >= 4 is 30.2 Å². The molecule has 0 amide bonds. The second-order valence-corrected chi connectivity index (χ2v) is 13.4. The lowest BCUT2D eigenvalue weighted by molar-refractivity contribution is -0.230. The molecule has 1 aromatic rings. The molecule has 0 unspecified atom stereocenters. The fourth-order valence-corrected chi connectivity index (χ4v) is 5.71. The summed E-state index contributed by atoms with van der Waals surface area (Å²) < 4.78 is 18.9. The predicted octanol–water partition coefficient (Wildman–Crippen LogP) is 5.36. The molecule has 1 fully saturated rings. The Morgan fingerprint density at radius 3 is 2.54 bits per heavy atom. The molecule has 0 N–H and O–H groups in total. The summed E-state index contributed by atoms with van der Waals surface area (Å²) in [5.41, 5.74) is 1.17. The van der Waals surface area contributed by atoms with E-state index in [1.54, 1.807) is 0 Å². The van der Waals surface area contributed by atoms with Crippen LogP contribution in [-0.2, 0) is 18.7 Å². The minimum absolute atomic E-state index is 0.0719. The molecule has 1 aliphatic carbocycles. The second kappa shape index (κ2) is 7.48. The molecular weight excluding hydrogens is 412 g/mol. The number of carbonyl (C=O) groups is 1. The summed E-state index contributed by atoms with van der Waals surface area (Å²) in [6, 6.07) is 8.30. The van der Waals surface area contributed by atoms with E-state index in [9.17, 15) is 4.79 Å². The normalized spacial score (nSPS) is 28.6. The zero-order valence-electron chi connectivity index (χ0n) is 15.9.